The van der Waals surface area contributed by atoms with Crippen molar-refractivity contribution in [2.45, 2.75) is 19.6 Å². The topological polar surface area (TPSA) is 80.0 Å². The summed E-state index contributed by atoms with van der Waals surface area (Å²) in [7, 11) is 0. The van der Waals surface area contributed by atoms with Gasteiger partial charge in [-0.3, -0.25) is 9.59 Å². The van der Waals surface area contributed by atoms with Crippen LogP contribution >= 0.6 is 0 Å². The number of furan rings is 1. The average molecular weight is 315 g/mol. The third-order valence-corrected chi connectivity index (χ3v) is 3.79. The number of carboxylic acids is 1. The SMILES string of the molecule is O=C(O)[C@@H]1CC(=O)N(c2cccc(COCc3ccco3)c2)C1. The fourth-order valence-electron chi connectivity index (χ4n) is 2.60. The number of aliphatic carboxylic acids is 1. The standard InChI is InChI=1S/C17H17NO5/c19-16-8-13(17(20)21)9-18(16)14-4-1-3-12(7-14)10-22-11-15-5-2-6-23-15/h1-7,13H,8-11H2,(H,20,21)/t13-/m1/s1. The molecular formula is C17H17NO5. The van der Waals surface area contributed by atoms with E-state index in [9.17, 15) is 9.59 Å². The molecule has 2 aromatic rings. The highest BCUT2D eigenvalue weighted by molar-refractivity contribution is 5.99. The summed E-state index contributed by atoms with van der Waals surface area (Å²) in [6, 6.07) is 11.0. The number of hydrogen-bond donors (Lipinski definition) is 1. The Balaban J connectivity index is 1.63. The van der Waals surface area contributed by atoms with Crippen LogP contribution in [0.5, 0.6) is 0 Å². The van der Waals surface area contributed by atoms with Crippen LogP contribution < -0.4 is 4.90 Å². The van der Waals surface area contributed by atoms with Gasteiger partial charge in [-0.25, -0.2) is 0 Å². The molecule has 0 spiro atoms. The van der Waals surface area contributed by atoms with E-state index in [1.165, 1.54) is 4.90 Å². The number of rotatable bonds is 6. The fraction of sp³-hybridized carbons (Fsp3) is 0.294. The minimum atomic E-state index is -0.932. The van der Waals surface area contributed by atoms with Gasteiger partial charge in [-0.1, -0.05) is 12.1 Å². The Labute approximate surface area is 133 Å². The van der Waals surface area contributed by atoms with Crippen molar-refractivity contribution in [1.82, 2.24) is 0 Å². The van der Waals surface area contributed by atoms with E-state index in [1.807, 2.05) is 24.3 Å². The van der Waals surface area contributed by atoms with Gasteiger partial charge in [0.25, 0.3) is 0 Å². The predicted octanol–water partition coefficient (Wildman–Crippen LogP) is 2.43. The third kappa shape index (κ3) is 3.60. The van der Waals surface area contributed by atoms with E-state index >= 15 is 0 Å². The molecule has 1 aliphatic heterocycles. The van der Waals surface area contributed by atoms with Gasteiger partial charge in [0.15, 0.2) is 0 Å². The Hall–Kier alpha value is -2.60. The average Bonchev–Trinajstić information content (AvgIpc) is 3.17. The van der Waals surface area contributed by atoms with Crippen molar-refractivity contribution < 1.29 is 23.8 Å². The number of carbonyl (C=O) groups excluding carboxylic acids is 1. The molecule has 0 saturated carbocycles. The van der Waals surface area contributed by atoms with Gasteiger partial charge in [-0.2, -0.15) is 0 Å². The van der Waals surface area contributed by atoms with E-state index in [0.717, 1.165) is 11.3 Å². The maximum atomic E-state index is 12.0. The van der Waals surface area contributed by atoms with Gasteiger partial charge in [0.1, 0.15) is 12.4 Å². The van der Waals surface area contributed by atoms with Gasteiger partial charge in [0, 0.05) is 18.7 Å². The first-order valence-electron chi connectivity index (χ1n) is 7.36. The summed E-state index contributed by atoms with van der Waals surface area (Å²) in [5.41, 5.74) is 1.62. The molecule has 23 heavy (non-hydrogen) atoms. The van der Waals surface area contributed by atoms with Gasteiger partial charge in [0.05, 0.1) is 18.8 Å². The van der Waals surface area contributed by atoms with Crippen LogP contribution in [0.15, 0.2) is 47.1 Å². The first-order valence-corrected chi connectivity index (χ1v) is 7.36. The van der Waals surface area contributed by atoms with Crippen LogP contribution in [-0.4, -0.2) is 23.5 Å². The summed E-state index contributed by atoms with van der Waals surface area (Å²) in [5.74, 6) is -0.980. The van der Waals surface area contributed by atoms with E-state index in [1.54, 1.807) is 18.4 Å². The van der Waals surface area contributed by atoms with Gasteiger partial charge >= 0.3 is 5.97 Å². The molecule has 0 radical (unpaired) electrons. The molecule has 3 rings (SSSR count). The zero-order valence-electron chi connectivity index (χ0n) is 12.5. The largest absolute Gasteiger partial charge is 0.481 e. The number of carboxylic acid groups (broad SMARTS) is 1. The molecule has 0 bridgehead atoms. The van der Waals surface area contributed by atoms with Crippen molar-refractivity contribution in [3.63, 3.8) is 0 Å². The van der Waals surface area contributed by atoms with E-state index < -0.39 is 11.9 Å². The Bertz CT molecular complexity index is 695. The van der Waals surface area contributed by atoms with Crippen LogP contribution in [0.25, 0.3) is 0 Å². The zero-order valence-corrected chi connectivity index (χ0v) is 12.5. The summed E-state index contributed by atoms with van der Waals surface area (Å²) in [5, 5.41) is 9.05. The maximum Gasteiger partial charge on any atom is 0.308 e. The van der Waals surface area contributed by atoms with Gasteiger partial charge in [-0.15, -0.1) is 0 Å². The lowest BCUT2D eigenvalue weighted by molar-refractivity contribution is -0.141. The monoisotopic (exact) mass is 315 g/mol. The van der Waals surface area contributed by atoms with E-state index in [-0.39, 0.29) is 18.9 Å². The molecule has 1 amide bonds. The molecule has 120 valence electrons. The Kier molecular flexibility index (Phi) is 4.43. The minimum absolute atomic E-state index is 0.0502. The molecule has 2 heterocycles. The molecule has 6 heteroatoms. The Morgan fingerprint density at radius 1 is 1.30 bits per heavy atom. The van der Waals surface area contributed by atoms with Crippen LogP contribution in [0.1, 0.15) is 17.7 Å². The van der Waals surface area contributed by atoms with Crippen molar-refractivity contribution in [3.8, 4) is 0 Å². The number of anilines is 1. The zero-order chi connectivity index (χ0) is 16.2. The predicted molar refractivity (Wildman–Crippen MR) is 81.7 cm³/mol. The second-order valence-corrected chi connectivity index (χ2v) is 5.49. The molecule has 0 unspecified atom stereocenters. The summed E-state index contributed by atoms with van der Waals surface area (Å²) in [6.07, 6.45) is 1.64. The van der Waals surface area contributed by atoms with E-state index in [2.05, 4.69) is 0 Å². The summed E-state index contributed by atoms with van der Waals surface area (Å²) in [4.78, 5) is 24.5. The number of nitrogens with zero attached hydrogens (tertiary/aromatic N) is 1. The van der Waals surface area contributed by atoms with Crippen LogP contribution in [0.4, 0.5) is 5.69 Å². The molecule has 1 aromatic heterocycles. The van der Waals surface area contributed by atoms with Gasteiger partial charge in [-0.05, 0) is 29.8 Å². The molecule has 1 atom stereocenters. The number of hydrogen-bond acceptors (Lipinski definition) is 4. The van der Waals surface area contributed by atoms with Crippen LogP contribution in [-0.2, 0) is 27.5 Å². The highest BCUT2D eigenvalue weighted by Crippen LogP contribution is 2.26. The first-order chi connectivity index (χ1) is 11.1. The van der Waals surface area contributed by atoms with Crippen LogP contribution in [0.2, 0.25) is 0 Å². The van der Waals surface area contributed by atoms with Gasteiger partial charge < -0.3 is 19.2 Å². The van der Waals surface area contributed by atoms with E-state index in [4.69, 9.17) is 14.3 Å². The van der Waals surface area contributed by atoms with Crippen molar-refractivity contribution in [3.05, 3.63) is 54.0 Å². The lowest BCUT2D eigenvalue weighted by Crippen LogP contribution is -2.25. The molecule has 1 aromatic carbocycles. The second kappa shape index (κ2) is 6.66. The van der Waals surface area contributed by atoms with Gasteiger partial charge in [0.2, 0.25) is 5.91 Å². The highest BCUT2D eigenvalue weighted by atomic mass is 16.5. The second-order valence-electron chi connectivity index (χ2n) is 5.49. The summed E-state index contributed by atoms with van der Waals surface area (Å²) in [6.45, 7) is 0.977. The molecule has 1 aliphatic rings. The lowest BCUT2D eigenvalue weighted by atomic mass is 10.1. The summed E-state index contributed by atoms with van der Waals surface area (Å²) < 4.78 is 10.8. The number of benzene rings is 1. The number of carbonyl (C=O) groups is 2. The smallest absolute Gasteiger partial charge is 0.308 e. The normalized spacial score (nSPS) is 17.7. The number of ether oxygens (including phenoxy) is 1. The first kappa shape index (κ1) is 15.3. The van der Waals surface area contributed by atoms with E-state index in [0.29, 0.717) is 18.9 Å². The number of amides is 1. The minimum Gasteiger partial charge on any atom is -0.481 e. The summed E-state index contributed by atoms with van der Waals surface area (Å²) >= 11 is 0. The van der Waals surface area contributed by atoms with Crippen LogP contribution in [0, 0.1) is 5.92 Å². The van der Waals surface area contributed by atoms with Crippen molar-refractivity contribution in [2.24, 2.45) is 5.92 Å². The molecule has 1 saturated heterocycles. The molecule has 6 nitrogen and oxygen atoms in total. The van der Waals surface area contributed by atoms with Crippen molar-refractivity contribution in [2.75, 3.05) is 11.4 Å². The van der Waals surface area contributed by atoms with Crippen molar-refractivity contribution in [1.29, 1.82) is 0 Å². The third-order valence-electron chi connectivity index (χ3n) is 3.79. The van der Waals surface area contributed by atoms with Crippen molar-refractivity contribution >= 4 is 17.6 Å². The Morgan fingerprint density at radius 3 is 2.87 bits per heavy atom. The fourth-order valence-corrected chi connectivity index (χ4v) is 2.60. The molecule has 0 aliphatic carbocycles. The maximum absolute atomic E-state index is 12.0. The molecule has 1 N–H and O–H groups in total. The lowest BCUT2D eigenvalue weighted by Gasteiger charge is -2.17. The Morgan fingerprint density at radius 2 is 2.17 bits per heavy atom. The quantitative estimate of drug-likeness (QED) is 0.885. The van der Waals surface area contributed by atoms with Crippen LogP contribution in [0.3, 0.4) is 0 Å². The molecular weight excluding hydrogens is 298 g/mol. The highest BCUT2D eigenvalue weighted by Gasteiger charge is 2.35. The molecule has 1 fully saturated rings.